The largest absolute Gasteiger partial charge is 0.495 e. The zero-order valence-electron chi connectivity index (χ0n) is 15.9. The number of amides is 1. The number of nitrogens with one attached hydrogen (secondary N) is 1. The first-order valence-corrected chi connectivity index (χ1v) is 9.79. The maximum atomic E-state index is 13.2. The molecule has 1 aromatic heterocycles. The summed E-state index contributed by atoms with van der Waals surface area (Å²) >= 11 is 12.0. The number of benzene rings is 3. The van der Waals surface area contributed by atoms with Crippen LogP contribution in [0.5, 0.6) is 5.75 Å². The molecular weight excluding hydrogens is 423 g/mol. The fourth-order valence-corrected chi connectivity index (χ4v) is 3.53. The summed E-state index contributed by atoms with van der Waals surface area (Å²) in [6, 6.07) is 18.8. The van der Waals surface area contributed by atoms with Crippen molar-refractivity contribution in [3.05, 3.63) is 98.9 Å². The highest BCUT2D eigenvalue weighted by atomic mass is 35.5. The van der Waals surface area contributed by atoms with Gasteiger partial charge in [0.2, 0.25) is 0 Å². The second-order valence-electron chi connectivity index (χ2n) is 6.54. The molecule has 0 saturated carbocycles. The van der Waals surface area contributed by atoms with Crippen LogP contribution in [0.2, 0.25) is 10.0 Å². The smallest absolute Gasteiger partial charge is 0.262 e. The molecule has 4 rings (SSSR count). The number of nitrogens with zero attached hydrogens (tertiary/aromatic N) is 1. The molecule has 0 atom stereocenters. The molecule has 0 unspecified atom stereocenters. The van der Waals surface area contributed by atoms with Crippen molar-refractivity contribution in [3.63, 3.8) is 0 Å². The predicted octanol–water partition coefficient (Wildman–Crippen LogP) is 5.56. The maximum Gasteiger partial charge on any atom is 0.262 e. The van der Waals surface area contributed by atoms with Crippen LogP contribution in [0.25, 0.3) is 16.5 Å². The molecule has 0 aliphatic carbocycles. The minimum atomic E-state index is -0.394. The van der Waals surface area contributed by atoms with Gasteiger partial charge in [-0.3, -0.25) is 14.2 Å². The van der Waals surface area contributed by atoms with E-state index in [2.05, 4.69) is 5.32 Å². The van der Waals surface area contributed by atoms with E-state index in [0.29, 0.717) is 43.5 Å². The van der Waals surface area contributed by atoms with Gasteiger partial charge in [-0.05, 0) is 48.5 Å². The summed E-state index contributed by atoms with van der Waals surface area (Å²) in [5, 5.41) is 4.82. The van der Waals surface area contributed by atoms with Crippen molar-refractivity contribution in [2.45, 2.75) is 0 Å². The summed E-state index contributed by atoms with van der Waals surface area (Å²) in [5.41, 5.74) is 1.14. The lowest BCUT2D eigenvalue weighted by atomic mass is 10.1. The number of hydrogen-bond acceptors (Lipinski definition) is 3. The van der Waals surface area contributed by atoms with Crippen molar-refractivity contribution in [1.82, 2.24) is 4.57 Å². The van der Waals surface area contributed by atoms with Crippen molar-refractivity contribution < 1.29 is 9.53 Å². The quantitative estimate of drug-likeness (QED) is 0.453. The highest BCUT2D eigenvalue weighted by Crippen LogP contribution is 2.29. The van der Waals surface area contributed by atoms with Crippen LogP contribution >= 0.6 is 23.2 Å². The number of aromatic nitrogens is 1. The van der Waals surface area contributed by atoms with Crippen LogP contribution in [-0.2, 0) is 0 Å². The minimum Gasteiger partial charge on any atom is -0.495 e. The van der Waals surface area contributed by atoms with Crippen LogP contribution in [0.3, 0.4) is 0 Å². The molecule has 0 bridgehead atoms. The first kappa shape index (κ1) is 20.0. The van der Waals surface area contributed by atoms with E-state index >= 15 is 0 Å². The first-order chi connectivity index (χ1) is 14.5. The van der Waals surface area contributed by atoms with E-state index in [-0.39, 0.29) is 5.56 Å². The number of anilines is 1. The summed E-state index contributed by atoms with van der Waals surface area (Å²) in [6.07, 6.45) is 1.53. The molecule has 0 aliphatic heterocycles. The predicted molar refractivity (Wildman–Crippen MR) is 121 cm³/mol. The second kappa shape index (κ2) is 8.22. The van der Waals surface area contributed by atoms with Gasteiger partial charge in [-0.2, -0.15) is 0 Å². The maximum absolute atomic E-state index is 13.2. The third kappa shape index (κ3) is 3.77. The third-order valence-electron chi connectivity index (χ3n) is 4.68. The van der Waals surface area contributed by atoms with E-state index in [1.165, 1.54) is 17.9 Å². The van der Waals surface area contributed by atoms with E-state index in [1.807, 2.05) is 0 Å². The zero-order chi connectivity index (χ0) is 21.3. The summed E-state index contributed by atoms with van der Waals surface area (Å²) in [4.78, 5) is 26.3. The molecule has 1 amide bonds. The Labute approximate surface area is 182 Å². The number of ether oxygens (including phenoxy) is 1. The number of fused-ring (bicyclic) bond motifs is 1. The van der Waals surface area contributed by atoms with Crippen LogP contribution in [0, 0.1) is 0 Å². The molecule has 0 radical (unpaired) electrons. The van der Waals surface area contributed by atoms with Gasteiger partial charge >= 0.3 is 0 Å². The average Bonchev–Trinajstić information content (AvgIpc) is 2.75. The molecule has 30 heavy (non-hydrogen) atoms. The molecule has 0 spiro atoms. The Balaban J connectivity index is 1.87. The highest BCUT2D eigenvalue weighted by molar-refractivity contribution is 6.31. The number of halogens is 2. The van der Waals surface area contributed by atoms with E-state index in [1.54, 1.807) is 66.7 Å². The van der Waals surface area contributed by atoms with Crippen LogP contribution in [0.1, 0.15) is 10.4 Å². The van der Waals surface area contributed by atoms with E-state index in [4.69, 9.17) is 27.9 Å². The average molecular weight is 439 g/mol. The molecule has 1 N–H and O–H groups in total. The lowest BCUT2D eigenvalue weighted by molar-refractivity contribution is 0.102. The van der Waals surface area contributed by atoms with Crippen LogP contribution in [0.15, 0.2) is 77.7 Å². The molecule has 1 heterocycles. The Bertz CT molecular complexity index is 1310. The van der Waals surface area contributed by atoms with Gasteiger partial charge in [0.25, 0.3) is 11.5 Å². The number of hydrogen-bond donors (Lipinski definition) is 1. The monoisotopic (exact) mass is 438 g/mol. The highest BCUT2D eigenvalue weighted by Gasteiger charge is 2.17. The molecule has 7 heteroatoms. The Morgan fingerprint density at radius 3 is 2.30 bits per heavy atom. The number of pyridine rings is 1. The van der Waals surface area contributed by atoms with Gasteiger partial charge in [0.15, 0.2) is 0 Å². The first-order valence-electron chi connectivity index (χ1n) is 9.03. The fourth-order valence-electron chi connectivity index (χ4n) is 3.23. The van der Waals surface area contributed by atoms with Gasteiger partial charge < -0.3 is 10.1 Å². The lowest BCUT2D eigenvalue weighted by Gasteiger charge is -2.14. The van der Waals surface area contributed by atoms with Crippen LogP contribution in [-0.4, -0.2) is 17.6 Å². The second-order valence-corrected chi connectivity index (χ2v) is 7.41. The summed E-state index contributed by atoms with van der Waals surface area (Å²) in [7, 11) is 1.51. The molecule has 0 fully saturated rings. The number of methoxy groups -OCH3 is 1. The number of carbonyl (C=O) groups is 1. The standard InChI is InChI=1S/C23H16Cl2N2O3/c1-30-21-11-8-15(25)12-20(21)26-22(28)19-13-27(16-9-6-14(24)7-10-16)23(29)18-5-3-2-4-17(18)19/h2-13H,1H3,(H,26,28). The summed E-state index contributed by atoms with van der Waals surface area (Å²) in [5.74, 6) is 0.0811. The molecule has 0 aliphatic rings. The third-order valence-corrected chi connectivity index (χ3v) is 5.17. The van der Waals surface area contributed by atoms with Crippen molar-refractivity contribution in [1.29, 1.82) is 0 Å². The molecular formula is C23H16Cl2N2O3. The topological polar surface area (TPSA) is 60.3 Å². The Morgan fingerprint density at radius 2 is 1.60 bits per heavy atom. The fraction of sp³-hybridized carbons (Fsp3) is 0.0435. The van der Waals surface area contributed by atoms with Gasteiger partial charge in [0.1, 0.15) is 5.75 Å². The molecule has 3 aromatic carbocycles. The van der Waals surface area contributed by atoms with Gasteiger partial charge in [0.05, 0.1) is 18.4 Å². The van der Waals surface area contributed by atoms with E-state index in [9.17, 15) is 9.59 Å². The van der Waals surface area contributed by atoms with E-state index < -0.39 is 5.91 Å². The van der Waals surface area contributed by atoms with Crippen LogP contribution in [0.4, 0.5) is 5.69 Å². The molecule has 0 saturated heterocycles. The SMILES string of the molecule is COc1ccc(Cl)cc1NC(=O)c1cn(-c2ccc(Cl)cc2)c(=O)c2ccccc12. The molecule has 5 nitrogen and oxygen atoms in total. The van der Waals surface area contributed by atoms with Crippen molar-refractivity contribution >= 4 is 45.6 Å². The van der Waals surface area contributed by atoms with Crippen molar-refractivity contribution in [2.75, 3.05) is 12.4 Å². The summed E-state index contributed by atoms with van der Waals surface area (Å²) in [6.45, 7) is 0. The van der Waals surface area contributed by atoms with Crippen LogP contribution < -0.4 is 15.6 Å². The molecule has 150 valence electrons. The Morgan fingerprint density at radius 1 is 0.933 bits per heavy atom. The van der Waals surface area contributed by atoms with Gasteiger partial charge in [-0.1, -0.05) is 41.4 Å². The van der Waals surface area contributed by atoms with Gasteiger partial charge in [0, 0.05) is 32.7 Å². The lowest BCUT2D eigenvalue weighted by Crippen LogP contribution is -2.22. The number of rotatable bonds is 4. The number of carbonyl (C=O) groups excluding carboxylic acids is 1. The van der Waals surface area contributed by atoms with Crippen molar-refractivity contribution in [2.24, 2.45) is 0 Å². The van der Waals surface area contributed by atoms with Gasteiger partial charge in [-0.15, -0.1) is 0 Å². The van der Waals surface area contributed by atoms with E-state index in [0.717, 1.165) is 0 Å². The normalized spacial score (nSPS) is 10.8. The minimum absolute atomic E-state index is 0.232. The molecule has 4 aromatic rings. The Hall–Kier alpha value is -3.28. The summed E-state index contributed by atoms with van der Waals surface area (Å²) < 4.78 is 6.74. The Kier molecular flexibility index (Phi) is 5.48. The van der Waals surface area contributed by atoms with Crippen molar-refractivity contribution in [3.8, 4) is 11.4 Å². The van der Waals surface area contributed by atoms with Gasteiger partial charge in [-0.25, -0.2) is 0 Å². The zero-order valence-corrected chi connectivity index (χ0v) is 17.4.